The SMILES string of the molecule is Cc1ncc2c(c1C1CN(C(=O)C3C[C@H](O[N+](=O)[O-])[C@H](O[N+](=O)[O-])C3)CCN1C(=O)O)COC2c1ccc(Cl)cc1. The number of aryl methyl sites for hydroxylation is 1. The van der Waals surface area contributed by atoms with Gasteiger partial charge in [-0.1, -0.05) is 23.7 Å². The van der Waals surface area contributed by atoms with Gasteiger partial charge in [0.1, 0.15) is 18.3 Å². The molecule has 2 aliphatic heterocycles. The third-order valence-corrected chi connectivity index (χ3v) is 8.07. The Morgan fingerprint density at radius 1 is 1.10 bits per heavy atom. The molecule has 1 N–H and O–H groups in total. The largest absolute Gasteiger partial charge is 0.465 e. The van der Waals surface area contributed by atoms with Gasteiger partial charge in [0.15, 0.2) is 0 Å². The topological polar surface area (TPSA) is 188 Å². The quantitative estimate of drug-likeness (QED) is 0.368. The zero-order valence-corrected chi connectivity index (χ0v) is 22.5. The molecule has 0 radical (unpaired) electrons. The molecule has 5 rings (SSSR count). The van der Waals surface area contributed by atoms with E-state index in [0.29, 0.717) is 16.3 Å². The standard InChI is InChI=1S/C25H26ClN5O10/c1-13-22(18-12-39-23(17(18)10-27-13)14-2-4-16(26)5-3-14)19-11-28(6-7-29(19)25(33)34)24(32)15-8-20(40-30(35)36)21(9-15)41-31(37)38/h2-5,10,15,19-21,23H,6-9,11-12H2,1H3,(H,33,34)/t15?,19?,20-,21+,23?. The summed E-state index contributed by atoms with van der Waals surface area (Å²) in [4.78, 5) is 64.0. The van der Waals surface area contributed by atoms with E-state index in [2.05, 4.69) is 14.7 Å². The molecule has 3 unspecified atom stereocenters. The van der Waals surface area contributed by atoms with E-state index in [1.807, 2.05) is 12.1 Å². The fraction of sp³-hybridized carbons (Fsp3) is 0.480. The summed E-state index contributed by atoms with van der Waals surface area (Å²) in [6.45, 7) is 2.05. The van der Waals surface area contributed by atoms with Crippen LogP contribution in [-0.2, 0) is 25.8 Å². The molecule has 1 saturated heterocycles. The molecule has 3 aliphatic rings. The molecule has 2 amide bonds. The molecule has 41 heavy (non-hydrogen) atoms. The van der Waals surface area contributed by atoms with Crippen LogP contribution in [0.3, 0.4) is 0 Å². The number of fused-ring (bicyclic) bond motifs is 1. The molecule has 1 aromatic heterocycles. The summed E-state index contributed by atoms with van der Waals surface area (Å²) in [7, 11) is 0. The first-order valence-corrected chi connectivity index (χ1v) is 13.2. The fourth-order valence-electron chi connectivity index (χ4n) is 6.01. The van der Waals surface area contributed by atoms with Crippen molar-refractivity contribution in [3.05, 3.63) is 83.7 Å². The monoisotopic (exact) mass is 591 g/mol. The van der Waals surface area contributed by atoms with Crippen molar-refractivity contribution in [3.8, 4) is 0 Å². The molecular formula is C25H26ClN5O10. The molecule has 1 aliphatic carbocycles. The molecule has 2 fully saturated rings. The van der Waals surface area contributed by atoms with Crippen molar-refractivity contribution in [2.45, 2.75) is 50.7 Å². The number of carbonyl (C=O) groups excluding carboxylic acids is 1. The minimum Gasteiger partial charge on any atom is -0.465 e. The van der Waals surface area contributed by atoms with Crippen molar-refractivity contribution < 1.29 is 39.3 Å². The van der Waals surface area contributed by atoms with Gasteiger partial charge in [-0.05, 0) is 43.0 Å². The summed E-state index contributed by atoms with van der Waals surface area (Å²) in [6, 6.07) is 6.43. The third-order valence-electron chi connectivity index (χ3n) is 7.82. The van der Waals surface area contributed by atoms with Gasteiger partial charge in [-0.25, -0.2) is 4.79 Å². The molecule has 0 bridgehead atoms. The third kappa shape index (κ3) is 5.67. The highest BCUT2D eigenvalue weighted by molar-refractivity contribution is 6.30. The summed E-state index contributed by atoms with van der Waals surface area (Å²) >= 11 is 6.04. The Kier molecular flexibility index (Phi) is 7.82. The normalized spacial score (nSPS) is 25.5. The van der Waals surface area contributed by atoms with Gasteiger partial charge in [0.2, 0.25) is 5.91 Å². The molecule has 0 spiro atoms. The predicted molar refractivity (Wildman–Crippen MR) is 138 cm³/mol. The zero-order valence-electron chi connectivity index (χ0n) is 21.8. The first kappa shape index (κ1) is 28.3. The Balaban J connectivity index is 1.42. The van der Waals surface area contributed by atoms with Gasteiger partial charge in [0.25, 0.3) is 10.2 Å². The van der Waals surface area contributed by atoms with Gasteiger partial charge in [-0.2, -0.15) is 0 Å². The number of carboxylic acid groups (broad SMARTS) is 1. The van der Waals surface area contributed by atoms with Crippen molar-refractivity contribution in [2.75, 3.05) is 19.6 Å². The number of piperazine rings is 1. The maximum Gasteiger partial charge on any atom is 0.407 e. The summed E-state index contributed by atoms with van der Waals surface area (Å²) in [5.74, 6) is -1.26. The minimum atomic E-state index is -1.29. The lowest BCUT2D eigenvalue weighted by Crippen LogP contribution is -2.53. The smallest absolute Gasteiger partial charge is 0.407 e. The first-order chi connectivity index (χ1) is 19.5. The summed E-state index contributed by atoms with van der Waals surface area (Å²) in [6.07, 6.45) is -2.75. The number of nitrogens with zero attached hydrogens (tertiary/aromatic N) is 5. The van der Waals surface area contributed by atoms with Gasteiger partial charge in [-0.15, -0.1) is 20.2 Å². The van der Waals surface area contributed by atoms with Gasteiger partial charge < -0.3 is 24.4 Å². The number of pyridine rings is 1. The van der Waals surface area contributed by atoms with E-state index in [-0.39, 0.29) is 39.1 Å². The Morgan fingerprint density at radius 3 is 2.32 bits per heavy atom. The van der Waals surface area contributed by atoms with Crippen molar-refractivity contribution in [1.82, 2.24) is 14.8 Å². The van der Waals surface area contributed by atoms with Crippen molar-refractivity contribution in [1.29, 1.82) is 0 Å². The number of hydrogen-bond acceptors (Lipinski definition) is 10. The van der Waals surface area contributed by atoms with Crippen LogP contribution in [0.4, 0.5) is 4.79 Å². The highest BCUT2D eigenvalue weighted by Crippen LogP contribution is 2.42. The van der Waals surface area contributed by atoms with E-state index in [1.54, 1.807) is 25.3 Å². The second-order valence-corrected chi connectivity index (χ2v) is 10.5. The molecule has 2 aromatic rings. The Morgan fingerprint density at radius 2 is 1.73 bits per heavy atom. The van der Waals surface area contributed by atoms with Crippen LogP contribution in [0.1, 0.15) is 52.9 Å². The lowest BCUT2D eigenvalue weighted by molar-refractivity contribution is -0.797. The predicted octanol–water partition coefficient (Wildman–Crippen LogP) is 3.09. The molecule has 16 heteroatoms. The molecule has 1 saturated carbocycles. The van der Waals surface area contributed by atoms with Crippen molar-refractivity contribution >= 4 is 23.6 Å². The minimum absolute atomic E-state index is 0.00621. The molecule has 1 aromatic carbocycles. The molecule has 15 nitrogen and oxygen atoms in total. The number of benzene rings is 1. The van der Waals surface area contributed by atoms with E-state index < -0.39 is 52.4 Å². The summed E-state index contributed by atoms with van der Waals surface area (Å²) in [5.41, 5.74) is 3.68. The van der Waals surface area contributed by atoms with E-state index in [1.165, 1.54) is 9.80 Å². The number of hydrogen-bond donors (Lipinski definition) is 1. The highest BCUT2D eigenvalue weighted by Gasteiger charge is 2.46. The van der Waals surface area contributed by atoms with Gasteiger partial charge >= 0.3 is 6.09 Å². The number of aromatic nitrogens is 1. The Labute approximate surface area is 237 Å². The highest BCUT2D eigenvalue weighted by atomic mass is 35.5. The van der Waals surface area contributed by atoms with E-state index in [0.717, 1.165) is 16.7 Å². The van der Waals surface area contributed by atoms with Gasteiger partial charge in [0, 0.05) is 53.6 Å². The second kappa shape index (κ2) is 11.3. The van der Waals surface area contributed by atoms with E-state index in [4.69, 9.17) is 16.3 Å². The van der Waals surface area contributed by atoms with Crippen LogP contribution in [-0.4, -0.2) is 73.9 Å². The average Bonchev–Trinajstić information content (AvgIpc) is 3.51. The molecule has 5 atom stereocenters. The van der Waals surface area contributed by atoms with Crippen LogP contribution in [0.2, 0.25) is 5.02 Å². The zero-order chi connectivity index (χ0) is 29.4. The number of halogens is 1. The van der Waals surface area contributed by atoms with Crippen LogP contribution < -0.4 is 0 Å². The number of amides is 2. The molecule has 3 heterocycles. The summed E-state index contributed by atoms with van der Waals surface area (Å²) in [5, 5.41) is 30.3. The number of carbonyl (C=O) groups is 2. The number of rotatable bonds is 7. The molecular weight excluding hydrogens is 566 g/mol. The fourth-order valence-corrected chi connectivity index (χ4v) is 6.14. The van der Waals surface area contributed by atoms with Crippen molar-refractivity contribution in [2.24, 2.45) is 5.92 Å². The van der Waals surface area contributed by atoms with Crippen LogP contribution in [0.25, 0.3) is 0 Å². The van der Waals surface area contributed by atoms with Crippen LogP contribution >= 0.6 is 11.6 Å². The second-order valence-electron chi connectivity index (χ2n) is 10.1. The Hall–Kier alpha value is -4.24. The van der Waals surface area contributed by atoms with Crippen molar-refractivity contribution in [3.63, 3.8) is 0 Å². The maximum atomic E-state index is 13.6. The first-order valence-electron chi connectivity index (χ1n) is 12.8. The Bertz CT molecular complexity index is 1350. The van der Waals surface area contributed by atoms with Gasteiger partial charge in [0.05, 0.1) is 12.6 Å². The number of ether oxygens (including phenoxy) is 1. The average molecular weight is 592 g/mol. The van der Waals surface area contributed by atoms with Crippen LogP contribution in [0, 0.1) is 33.1 Å². The van der Waals surface area contributed by atoms with E-state index in [9.17, 15) is 34.9 Å². The lowest BCUT2D eigenvalue weighted by atomic mass is 9.91. The molecule has 218 valence electrons. The lowest BCUT2D eigenvalue weighted by Gasteiger charge is -2.41. The maximum absolute atomic E-state index is 13.6. The van der Waals surface area contributed by atoms with Crippen LogP contribution in [0.15, 0.2) is 30.5 Å². The summed E-state index contributed by atoms with van der Waals surface area (Å²) < 4.78 is 6.11. The van der Waals surface area contributed by atoms with Crippen LogP contribution in [0.5, 0.6) is 0 Å². The van der Waals surface area contributed by atoms with Gasteiger partial charge in [-0.3, -0.25) is 14.7 Å². The van der Waals surface area contributed by atoms with E-state index >= 15 is 0 Å².